The zero-order valence-electron chi connectivity index (χ0n) is 14.2. The molecule has 1 aromatic rings. The lowest BCUT2D eigenvalue weighted by Gasteiger charge is -2.37. The zero-order valence-corrected chi connectivity index (χ0v) is 14.2. The van der Waals surface area contributed by atoms with Crippen molar-refractivity contribution in [3.63, 3.8) is 0 Å². The first-order valence-corrected chi connectivity index (χ1v) is 7.73. The molecule has 2 rings (SSSR count). The van der Waals surface area contributed by atoms with Gasteiger partial charge in [-0.2, -0.15) is 0 Å². The summed E-state index contributed by atoms with van der Waals surface area (Å²) >= 11 is 0. The lowest BCUT2D eigenvalue weighted by Crippen LogP contribution is -2.50. The standard InChI is InChI=1S/C17H26N2O3/c1-12(2)18-6-8-19(9-7-18)17(20)14-10-15(21-4)13(3)16(11-14)22-5/h10-12H,6-9H2,1-5H3. The second kappa shape index (κ2) is 7.01. The number of amides is 1. The second-order valence-corrected chi connectivity index (χ2v) is 5.93. The maximum absolute atomic E-state index is 12.7. The Morgan fingerprint density at radius 3 is 1.95 bits per heavy atom. The summed E-state index contributed by atoms with van der Waals surface area (Å²) in [5.41, 5.74) is 1.53. The lowest BCUT2D eigenvalue weighted by molar-refractivity contribution is 0.0595. The van der Waals surface area contributed by atoms with Gasteiger partial charge in [-0.15, -0.1) is 0 Å². The number of hydrogen-bond acceptors (Lipinski definition) is 4. The molecule has 1 aromatic carbocycles. The van der Waals surface area contributed by atoms with Gasteiger partial charge in [-0.1, -0.05) is 0 Å². The summed E-state index contributed by atoms with van der Waals surface area (Å²) in [6.07, 6.45) is 0. The molecule has 0 radical (unpaired) electrons. The van der Waals surface area contributed by atoms with Gasteiger partial charge < -0.3 is 14.4 Å². The summed E-state index contributed by atoms with van der Waals surface area (Å²) in [5, 5.41) is 0. The Morgan fingerprint density at radius 2 is 1.55 bits per heavy atom. The van der Waals surface area contributed by atoms with E-state index < -0.39 is 0 Å². The third-order valence-corrected chi connectivity index (χ3v) is 4.33. The van der Waals surface area contributed by atoms with Crippen molar-refractivity contribution >= 4 is 5.91 Å². The molecule has 1 fully saturated rings. The number of carbonyl (C=O) groups excluding carboxylic acids is 1. The second-order valence-electron chi connectivity index (χ2n) is 5.93. The van der Waals surface area contributed by atoms with Crippen molar-refractivity contribution in [2.45, 2.75) is 26.8 Å². The maximum Gasteiger partial charge on any atom is 0.254 e. The summed E-state index contributed by atoms with van der Waals surface area (Å²) in [4.78, 5) is 17.0. The Kier molecular flexibility index (Phi) is 5.29. The molecular weight excluding hydrogens is 280 g/mol. The smallest absolute Gasteiger partial charge is 0.254 e. The van der Waals surface area contributed by atoms with E-state index in [4.69, 9.17) is 9.47 Å². The quantitative estimate of drug-likeness (QED) is 0.855. The van der Waals surface area contributed by atoms with Crippen LogP contribution < -0.4 is 9.47 Å². The van der Waals surface area contributed by atoms with Gasteiger partial charge in [-0.05, 0) is 32.9 Å². The highest BCUT2D eigenvalue weighted by Gasteiger charge is 2.24. The van der Waals surface area contributed by atoms with Crippen LogP contribution in [0.1, 0.15) is 29.8 Å². The van der Waals surface area contributed by atoms with Crippen molar-refractivity contribution in [1.29, 1.82) is 0 Å². The van der Waals surface area contributed by atoms with E-state index in [-0.39, 0.29) is 5.91 Å². The van der Waals surface area contributed by atoms with Gasteiger partial charge in [0.1, 0.15) is 11.5 Å². The first-order valence-electron chi connectivity index (χ1n) is 7.73. The van der Waals surface area contributed by atoms with Gasteiger partial charge in [0.05, 0.1) is 14.2 Å². The number of carbonyl (C=O) groups is 1. The van der Waals surface area contributed by atoms with Crippen LogP contribution in [0, 0.1) is 6.92 Å². The zero-order chi connectivity index (χ0) is 16.3. The van der Waals surface area contributed by atoms with Gasteiger partial charge in [-0.25, -0.2) is 0 Å². The Balaban J connectivity index is 2.16. The molecule has 0 bridgehead atoms. The molecule has 0 saturated carbocycles. The predicted molar refractivity (Wildman–Crippen MR) is 86.9 cm³/mol. The highest BCUT2D eigenvalue weighted by atomic mass is 16.5. The van der Waals surface area contributed by atoms with Crippen molar-refractivity contribution < 1.29 is 14.3 Å². The molecule has 1 saturated heterocycles. The molecule has 0 atom stereocenters. The molecule has 1 aliphatic heterocycles. The first kappa shape index (κ1) is 16.6. The van der Waals surface area contributed by atoms with Crippen molar-refractivity contribution in [3.8, 4) is 11.5 Å². The van der Waals surface area contributed by atoms with Gasteiger partial charge >= 0.3 is 0 Å². The van der Waals surface area contributed by atoms with E-state index in [2.05, 4.69) is 18.7 Å². The molecule has 122 valence electrons. The fourth-order valence-electron chi connectivity index (χ4n) is 2.83. The minimum Gasteiger partial charge on any atom is -0.496 e. The number of ether oxygens (including phenoxy) is 2. The summed E-state index contributed by atoms with van der Waals surface area (Å²) < 4.78 is 10.7. The Labute approximate surface area is 132 Å². The van der Waals surface area contributed by atoms with Gasteiger partial charge in [0.25, 0.3) is 5.91 Å². The largest absolute Gasteiger partial charge is 0.496 e. The molecular formula is C17H26N2O3. The maximum atomic E-state index is 12.7. The van der Waals surface area contributed by atoms with Gasteiger partial charge in [0.15, 0.2) is 0 Å². The number of hydrogen-bond donors (Lipinski definition) is 0. The number of methoxy groups -OCH3 is 2. The van der Waals surface area contributed by atoms with E-state index in [1.165, 1.54) is 0 Å². The van der Waals surface area contributed by atoms with Gasteiger partial charge in [0.2, 0.25) is 0 Å². The van der Waals surface area contributed by atoms with E-state index in [0.29, 0.717) is 23.1 Å². The molecule has 5 heteroatoms. The third-order valence-electron chi connectivity index (χ3n) is 4.33. The highest BCUT2D eigenvalue weighted by Crippen LogP contribution is 2.30. The van der Waals surface area contributed by atoms with Crippen LogP contribution in [-0.2, 0) is 0 Å². The van der Waals surface area contributed by atoms with Crippen LogP contribution in [0.3, 0.4) is 0 Å². The minimum absolute atomic E-state index is 0.0417. The lowest BCUT2D eigenvalue weighted by atomic mass is 10.1. The molecule has 1 amide bonds. The molecule has 0 aromatic heterocycles. The molecule has 1 aliphatic rings. The average Bonchev–Trinajstić information content (AvgIpc) is 2.54. The number of piperazine rings is 1. The van der Waals surface area contributed by atoms with Gasteiger partial charge in [0, 0.05) is 43.3 Å². The van der Waals surface area contributed by atoms with E-state index in [1.807, 2.05) is 11.8 Å². The normalized spacial score (nSPS) is 16.0. The summed E-state index contributed by atoms with van der Waals surface area (Å²) in [6, 6.07) is 4.13. The van der Waals surface area contributed by atoms with Crippen molar-refractivity contribution in [2.75, 3.05) is 40.4 Å². The van der Waals surface area contributed by atoms with Gasteiger partial charge in [-0.3, -0.25) is 9.69 Å². The number of nitrogens with zero attached hydrogens (tertiary/aromatic N) is 2. The summed E-state index contributed by atoms with van der Waals surface area (Å²) in [6.45, 7) is 9.66. The molecule has 0 unspecified atom stereocenters. The van der Waals surface area contributed by atoms with Crippen molar-refractivity contribution in [2.24, 2.45) is 0 Å². The van der Waals surface area contributed by atoms with Crippen molar-refractivity contribution in [1.82, 2.24) is 9.80 Å². The topological polar surface area (TPSA) is 42.0 Å². The molecule has 0 aliphatic carbocycles. The molecule has 0 spiro atoms. The number of benzene rings is 1. The van der Waals surface area contributed by atoms with Crippen LogP contribution >= 0.6 is 0 Å². The van der Waals surface area contributed by atoms with Crippen LogP contribution in [-0.4, -0.2) is 62.1 Å². The first-order chi connectivity index (χ1) is 10.5. The summed E-state index contributed by atoms with van der Waals surface area (Å²) in [7, 11) is 3.22. The van der Waals surface area contributed by atoms with E-state index in [9.17, 15) is 4.79 Å². The number of rotatable bonds is 4. The fraction of sp³-hybridized carbons (Fsp3) is 0.588. The fourth-order valence-corrected chi connectivity index (χ4v) is 2.83. The Bertz CT molecular complexity index is 510. The molecule has 0 N–H and O–H groups in total. The van der Waals surface area contributed by atoms with E-state index in [1.54, 1.807) is 26.4 Å². The van der Waals surface area contributed by atoms with Crippen LogP contribution in [0.4, 0.5) is 0 Å². The van der Waals surface area contributed by atoms with E-state index in [0.717, 1.165) is 31.7 Å². The Morgan fingerprint density at radius 1 is 1.05 bits per heavy atom. The Hall–Kier alpha value is -1.75. The summed E-state index contributed by atoms with van der Waals surface area (Å²) in [5.74, 6) is 1.41. The molecule has 1 heterocycles. The predicted octanol–water partition coefficient (Wildman–Crippen LogP) is 2.18. The van der Waals surface area contributed by atoms with Crippen molar-refractivity contribution in [3.05, 3.63) is 23.3 Å². The van der Waals surface area contributed by atoms with E-state index >= 15 is 0 Å². The third kappa shape index (κ3) is 3.35. The molecule has 5 nitrogen and oxygen atoms in total. The van der Waals surface area contributed by atoms with Crippen LogP contribution in [0.15, 0.2) is 12.1 Å². The minimum atomic E-state index is 0.0417. The van der Waals surface area contributed by atoms with Crippen LogP contribution in [0.5, 0.6) is 11.5 Å². The SMILES string of the molecule is COc1cc(C(=O)N2CCN(C(C)C)CC2)cc(OC)c1C. The van der Waals surface area contributed by atoms with Crippen LogP contribution in [0.2, 0.25) is 0 Å². The monoisotopic (exact) mass is 306 g/mol. The highest BCUT2D eigenvalue weighted by molar-refractivity contribution is 5.95. The molecule has 22 heavy (non-hydrogen) atoms. The average molecular weight is 306 g/mol. The van der Waals surface area contributed by atoms with Crippen LogP contribution in [0.25, 0.3) is 0 Å².